The van der Waals surface area contributed by atoms with Crippen LogP contribution in [0, 0.1) is 10.5 Å². The van der Waals surface area contributed by atoms with Crippen molar-refractivity contribution in [3.63, 3.8) is 0 Å². The van der Waals surface area contributed by atoms with E-state index in [0.717, 1.165) is 14.8 Å². The molecular weight excluding hydrogens is 410 g/mol. The monoisotopic (exact) mass is 420 g/mol. The van der Waals surface area contributed by atoms with Gasteiger partial charge in [0.15, 0.2) is 0 Å². The van der Waals surface area contributed by atoms with E-state index in [9.17, 15) is 4.79 Å². The molecule has 2 amide bonds. The van der Waals surface area contributed by atoms with E-state index in [1.54, 1.807) is 18.2 Å². The molecule has 2 aromatic carbocycles. The van der Waals surface area contributed by atoms with Crippen LogP contribution in [0.3, 0.4) is 0 Å². The summed E-state index contributed by atoms with van der Waals surface area (Å²) in [6.07, 6.45) is 0. The summed E-state index contributed by atoms with van der Waals surface area (Å²) in [5.41, 5.74) is 2.21. The Hall–Kier alpha value is -0.980. The van der Waals surface area contributed by atoms with Crippen molar-refractivity contribution in [2.24, 2.45) is 0 Å². The maximum Gasteiger partial charge on any atom is 0.323 e. The van der Waals surface area contributed by atoms with Crippen LogP contribution in [0.15, 0.2) is 36.4 Å². The molecule has 0 aliphatic rings. The number of hydrogen-bond acceptors (Lipinski definition) is 1. The molecule has 0 heterocycles. The Balaban J connectivity index is 2.11. The van der Waals surface area contributed by atoms with Crippen LogP contribution in [0.5, 0.6) is 0 Å². The van der Waals surface area contributed by atoms with Gasteiger partial charge < -0.3 is 10.6 Å². The molecule has 0 aliphatic heterocycles. The summed E-state index contributed by atoms with van der Waals surface area (Å²) in [6.45, 7) is 1.93. The van der Waals surface area contributed by atoms with Crippen molar-refractivity contribution in [1.29, 1.82) is 0 Å². The Bertz CT molecular complexity index is 662. The van der Waals surface area contributed by atoms with Gasteiger partial charge in [0.2, 0.25) is 0 Å². The number of benzene rings is 2. The zero-order valence-corrected chi connectivity index (χ0v) is 14.2. The summed E-state index contributed by atoms with van der Waals surface area (Å²) < 4.78 is 1.11. The first-order valence-electron chi connectivity index (χ1n) is 5.75. The average Bonchev–Trinajstić information content (AvgIpc) is 2.37. The minimum Gasteiger partial charge on any atom is -0.307 e. The standard InChI is InChI=1S/C14H11Cl2IN2O/c1-8-6-10(17)3-5-12(8)18-14(20)19-13-7-9(15)2-4-11(13)16/h2-7H,1H3,(H2,18,19,20). The predicted molar refractivity (Wildman–Crippen MR) is 93.0 cm³/mol. The van der Waals surface area contributed by atoms with Gasteiger partial charge >= 0.3 is 6.03 Å². The van der Waals surface area contributed by atoms with Crippen molar-refractivity contribution < 1.29 is 4.79 Å². The highest BCUT2D eigenvalue weighted by Crippen LogP contribution is 2.26. The molecule has 3 nitrogen and oxygen atoms in total. The molecule has 2 rings (SSSR count). The average molecular weight is 421 g/mol. The van der Waals surface area contributed by atoms with Gasteiger partial charge in [-0.05, 0) is 71.5 Å². The van der Waals surface area contributed by atoms with Crippen LogP contribution in [-0.4, -0.2) is 6.03 Å². The molecular formula is C14H11Cl2IN2O. The van der Waals surface area contributed by atoms with E-state index < -0.39 is 0 Å². The SMILES string of the molecule is Cc1cc(I)ccc1NC(=O)Nc1cc(Cl)ccc1Cl. The van der Waals surface area contributed by atoms with Gasteiger partial charge in [0.1, 0.15) is 0 Å². The number of rotatable bonds is 2. The van der Waals surface area contributed by atoms with Crippen LogP contribution < -0.4 is 10.6 Å². The smallest absolute Gasteiger partial charge is 0.307 e. The summed E-state index contributed by atoms with van der Waals surface area (Å²) in [5, 5.41) is 6.39. The normalized spacial score (nSPS) is 10.2. The minimum absolute atomic E-state index is 0.363. The molecule has 104 valence electrons. The molecule has 2 N–H and O–H groups in total. The number of carbonyl (C=O) groups is 1. The van der Waals surface area contributed by atoms with Gasteiger partial charge in [0.25, 0.3) is 0 Å². The molecule has 0 radical (unpaired) electrons. The third-order valence-electron chi connectivity index (χ3n) is 2.61. The summed E-state index contributed by atoms with van der Waals surface area (Å²) >= 11 is 14.1. The number of aryl methyl sites for hydroxylation is 1. The van der Waals surface area contributed by atoms with Crippen LogP contribution in [0.25, 0.3) is 0 Å². The molecule has 0 aromatic heterocycles. The summed E-state index contributed by atoms with van der Waals surface area (Å²) in [4.78, 5) is 12.0. The predicted octanol–water partition coefficient (Wildman–Crippen LogP) is 5.55. The van der Waals surface area contributed by atoms with E-state index in [-0.39, 0.29) is 6.03 Å². The Morgan fingerprint density at radius 1 is 1.05 bits per heavy atom. The number of nitrogens with one attached hydrogen (secondary N) is 2. The summed E-state index contributed by atoms with van der Waals surface area (Å²) in [6, 6.07) is 10.3. The maximum absolute atomic E-state index is 12.0. The van der Waals surface area contributed by atoms with E-state index >= 15 is 0 Å². The van der Waals surface area contributed by atoms with Gasteiger partial charge in [0, 0.05) is 14.3 Å². The maximum atomic E-state index is 12.0. The molecule has 0 atom stereocenters. The van der Waals surface area contributed by atoms with Crippen molar-refractivity contribution in [3.05, 3.63) is 55.6 Å². The molecule has 0 spiro atoms. The number of hydrogen-bond donors (Lipinski definition) is 2. The Morgan fingerprint density at radius 2 is 1.75 bits per heavy atom. The lowest BCUT2D eigenvalue weighted by molar-refractivity contribution is 0.262. The number of amides is 2. The molecule has 0 unspecified atom stereocenters. The third-order valence-corrected chi connectivity index (χ3v) is 3.85. The van der Waals surface area contributed by atoms with Gasteiger partial charge in [-0.3, -0.25) is 0 Å². The molecule has 2 aromatic rings. The lowest BCUT2D eigenvalue weighted by atomic mass is 10.2. The van der Waals surface area contributed by atoms with E-state index in [0.29, 0.717) is 15.7 Å². The summed E-state index contributed by atoms with van der Waals surface area (Å²) in [7, 11) is 0. The molecule has 0 bridgehead atoms. The summed E-state index contributed by atoms with van der Waals surface area (Å²) in [5.74, 6) is 0. The van der Waals surface area contributed by atoms with Crippen molar-refractivity contribution in [2.45, 2.75) is 6.92 Å². The quantitative estimate of drug-likeness (QED) is 0.614. The highest BCUT2D eigenvalue weighted by atomic mass is 127. The number of urea groups is 1. The van der Waals surface area contributed by atoms with E-state index in [2.05, 4.69) is 33.2 Å². The second kappa shape index (κ2) is 6.65. The fourth-order valence-corrected chi connectivity index (χ4v) is 2.62. The largest absolute Gasteiger partial charge is 0.323 e. The first-order chi connectivity index (χ1) is 9.45. The van der Waals surface area contributed by atoms with Crippen LogP contribution in [0.1, 0.15) is 5.56 Å². The highest BCUT2D eigenvalue weighted by molar-refractivity contribution is 14.1. The zero-order chi connectivity index (χ0) is 14.7. The van der Waals surface area contributed by atoms with Gasteiger partial charge in [0.05, 0.1) is 10.7 Å². The van der Waals surface area contributed by atoms with E-state index in [1.165, 1.54) is 0 Å². The molecule has 0 saturated heterocycles. The van der Waals surface area contributed by atoms with Crippen molar-refractivity contribution in [3.8, 4) is 0 Å². The van der Waals surface area contributed by atoms with Gasteiger partial charge in [-0.2, -0.15) is 0 Å². The lowest BCUT2D eigenvalue weighted by Gasteiger charge is -2.11. The van der Waals surface area contributed by atoms with Crippen molar-refractivity contribution in [2.75, 3.05) is 10.6 Å². The first kappa shape index (κ1) is 15.4. The van der Waals surface area contributed by atoms with Gasteiger partial charge in [-0.15, -0.1) is 0 Å². The number of carbonyl (C=O) groups excluding carboxylic acids is 1. The fourth-order valence-electron chi connectivity index (χ4n) is 1.64. The third kappa shape index (κ3) is 4.01. The Labute approximate surface area is 140 Å². The molecule has 20 heavy (non-hydrogen) atoms. The highest BCUT2D eigenvalue weighted by Gasteiger charge is 2.08. The van der Waals surface area contributed by atoms with Gasteiger partial charge in [-0.25, -0.2) is 4.79 Å². The van der Waals surface area contributed by atoms with Crippen LogP contribution in [-0.2, 0) is 0 Å². The van der Waals surface area contributed by atoms with Crippen molar-refractivity contribution in [1.82, 2.24) is 0 Å². The van der Waals surface area contributed by atoms with Crippen molar-refractivity contribution >= 4 is 63.2 Å². The van der Waals surface area contributed by atoms with E-state index in [1.807, 2.05) is 25.1 Å². The molecule has 0 aliphatic carbocycles. The zero-order valence-electron chi connectivity index (χ0n) is 10.5. The number of anilines is 2. The van der Waals surface area contributed by atoms with Crippen LogP contribution in [0.2, 0.25) is 10.0 Å². The molecule has 0 fully saturated rings. The topological polar surface area (TPSA) is 41.1 Å². The Morgan fingerprint density at radius 3 is 2.45 bits per heavy atom. The molecule has 0 saturated carbocycles. The second-order valence-corrected chi connectivity index (χ2v) is 6.25. The van der Waals surface area contributed by atoms with E-state index in [4.69, 9.17) is 23.2 Å². The minimum atomic E-state index is -0.363. The van der Waals surface area contributed by atoms with Crippen LogP contribution in [0.4, 0.5) is 16.2 Å². The Kier molecular flexibility index (Phi) is 5.12. The number of halogens is 3. The van der Waals surface area contributed by atoms with Gasteiger partial charge in [-0.1, -0.05) is 23.2 Å². The van der Waals surface area contributed by atoms with Crippen LogP contribution >= 0.6 is 45.8 Å². The lowest BCUT2D eigenvalue weighted by Crippen LogP contribution is -2.20. The second-order valence-electron chi connectivity index (χ2n) is 4.16. The first-order valence-corrected chi connectivity index (χ1v) is 7.58. The fraction of sp³-hybridized carbons (Fsp3) is 0.0714. The molecule has 6 heteroatoms.